The van der Waals surface area contributed by atoms with Crippen LogP contribution < -0.4 is 0 Å². The van der Waals surface area contributed by atoms with E-state index in [1.54, 1.807) is 31.3 Å². The maximum atomic E-state index is 13.1. The molecule has 1 heterocycles. The maximum absolute atomic E-state index is 13.1. The van der Waals surface area contributed by atoms with E-state index in [9.17, 15) is 9.18 Å². The third-order valence-corrected chi connectivity index (χ3v) is 3.07. The van der Waals surface area contributed by atoms with Crippen molar-refractivity contribution in [2.45, 2.75) is 27.7 Å². The first-order valence-corrected chi connectivity index (χ1v) is 8.07. The molecule has 0 amide bonds. The first-order chi connectivity index (χ1) is 12.4. The fourth-order valence-corrected chi connectivity index (χ4v) is 1.87. The van der Waals surface area contributed by atoms with Gasteiger partial charge in [-0.2, -0.15) is 5.26 Å². The van der Waals surface area contributed by atoms with Gasteiger partial charge in [0.05, 0.1) is 17.2 Å². The van der Waals surface area contributed by atoms with Gasteiger partial charge in [0, 0.05) is 17.5 Å². The zero-order valence-electron chi connectivity index (χ0n) is 15.5. The molecule has 136 valence electrons. The number of hydrogen-bond acceptors (Lipinski definition) is 3. The van der Waals surface area contributed by atoms with Crippen LogP contribution in [-0.4, -0.2) is 16.1 Å². The molecule has 2 aromatic rings. The largest absolute Gasteiger partial charge is 0.478 e. The van der Waals surface area contributed by atoms with Crippen molar-refractivity contribution in [1.29, 1.82) is 5.26 Å². The molecule has 0 fully saturated rings. The van der Waals surface area contributed by atoms with E-state index in [4.69, 9.17) is 10.4 Å². The minimum atomic E-state index is -0.928. The summed E-state index contributed by atoms with van der Waals surface area (Å²) in [6, 6.07) is 9.93. The molecule has 0 unspecified atom stereocenters. The van der Waals surface area contributed by atoms with Crippen LogP contribution in [0.1, 0.15) is 32.0 Å². The van der Waals surface area contributed by atoms with Crippen molar-refractivity contribution in [3.8, 4) is 17.2 Å². The molecule has 2 rings (SSSR count). The quantitative estimate of drug-likeness (QED) is 0.600. The number of carbonyl (C=O) groups is 1. The standard InChI is InChI=1S/C13H9FN2.C6H8O2.C2H6/c1-9-5-11(7-15)13(8-16-9)10-3-2-4-12(14)6-10;1-3-5(4-2)6(7)8;1-2/h2-6,8H,1H3;3-4H,1H2,2H3,(H,7,8);1-2H3/b;5-4+;. The number of nitrogens with zero attached hydrogens (tertiary/aromatic N) is 2. The Labute approximate surface area is 154 Å². The number of nitriles is 1. The summed E-state index contributed by atoms with van der Waals surface area (Å²) in [5.74, 6) is -1.25. The SMILES string of the molecule is C=C/C(=C\C)C(=O)O.CC.Cc1cc(C#N)c(-c2cccc(F)c2)cn1. The summed E-state index contributed by atoms with van der Waals surface area (Å²) >= 11 is 0. The lowest BCUT2D eigenvalue weighted by Crippen LogP contribution is -1.95. The molecule has 0 atom stereocenters. The highest BCUT2D eigenvalue weighted by Gasteiger charge is 2.06. The van der Waals surface area contributed by atoms with Gasteiger partial charge in [-0.1, -0.05) is 44.7 Å². The smallest absolute Gasteiger partial charge is 0.335 e. The molecule has 0 aliphatic carbocycles. The number of hydrogen-bond donors (Lipinski definition) is 1. The van der Waals surface area contributed by atoms with Crippen LogP contribution in [0.25, 0.3) is 11.1 Å². The van der Waals surface area contributed by atoms with E-state index < -0.39 is 5.97 Å². The zero-order chi connectivity index (χ0) is 20.1. The second-order valence-corrected chi connectivity index (χ2v) is 4.75. The Kier molecular flexibility index (Phi) is 10.6. The molecule has 0 saturated heterocycles. The molecule has 1 aromatic heterocycles. The van der Waals surface area contributed by atoms with E-state index in [-0.39, 0.29) is 11.4 Å². The fourth-order valence-electron chi connectivity index (χ4n) is 1.87. The Morgan fingerprint density at radius 3 is 2.42 bits per heavy atom. The van der Waals surface area contributed by atoms with Crippen LogP contribution in [0.2, 0.25) is 0 Å². The Morgan fingerprint density at radius 1 is 1.35 bits per heavy atom. The molecule has 0 aliphatic rings. The summed E-state index contributed by atoms with van der Waals surface area (Å²) in [5, 5.41) is 17.2. The van der Waals surface area contributed by atoms with Gasteiger partial charge >= 0.3 is 5.97 Å². The van der Waals surface area contributed by atoms with Crippen LogP contribution in [0.3, 0.4) is 0 Å². The van der Waals surface area contributed by atoms with E-state index >= 15 is 0 Å². The summed E-state index contributed by atoms with van der Waals surface area (Å²) in [4.78, 5) is 14.1. The highest BCUT2D eigenvalue weighted by molar-refractivity contribution is 5.89. The lowest BCUT2D eigenvalue weighted by atomic mass is 10.0. The molecule has 26 heavy (non-hydrogen) atoms. The van der Waals surface area contributed by atoms with E-state index in [0.717, 1.165) is 5.69 Å². The Morgan fingerprint density at radius 2 is 2.00 bits per heavy atom. The highest BCUT2D eigenvalue weighted by atomic mass is 19.1. The number of carboxylic acids is 1. The second-order valence-electron chi connectivity index (χ2n) is 4.75. The number of rotatable bonds is 3. The number of halogens is 1. The third kappa shape index (κ3) is 7.10. The molecular formula is C21H23FN2O2. The van der Waals surface area contributed by atoms with Crippen LogP contribution in [-0.2, 0) is 4.79 Å². The number of aromatic nitrogens is 1. The molecule has 0 bridgehead atoms. The second kappa shape index (κ2) is 12.2. The minimum absolute atomic E-state index is 0.241. The molecule has 0 saturated carbocycles. The lowest BCUT2D eigenvalue weighted by Gasteiger charge is -2.04. The number of pyridine rings is 1. The van der Waals surface area contributed by atoms with Gasteiger partial charge in [-0.25, -0.2) is 9.18 Å². The highest BCUT2D eigenvalue weighted by Crippen LogP contribution is 2.23. The van der Waals surface area contributed by atoms with Crippen molar-refractivity contribution in [2.75, 3.05) is 0 Å². The number of aryl methyl sites for hydroxylation is 1. The predicted octanol–water partition coefficient (Wildman–Crippen LogP) is 5.30. The first kappa shape index (κ1) is 22.7. The van der Waals surface area contributed by atoms with Crippen molar-refractivity contribution in [3.63, 3.8) is 0 Å². The topological polar surface area (TPSA) is 74.0 Å². The Balaban J connectivity index is 0.000000533. The number of allylic oxidation sites excluding steroid dienone is 1. The molecule has 5 heteroatoms. The van der Waals surface area contributed by atoms with Gasteiger partial charge in [0.2, 0.25) is 0 Å². The van der Waals surface area contributed by atoms with Gasteiger partial charge in [0.15, 0.2) is 0 Å². The van der Waals surface area contributed by atoms with Crippen molar-refractivity contribution in [2.24, 2.45) is 0 Å². The number of benzene rings is 1. The summed E-state index contributed by atoms with van der Waals surface area (Å²) in [5.41, 5.74) is 2.86. The van der Waals surface area contributed by atoms with Gasteiger partial charge in [-0.05, 0) is 37.6 Å². The van der Waals surface area contributed by atoms with Crippen molar-refractivity contribution in [1.82, 2.24) is 4.98 Å². The molecule has 4 nitrogen and oxygen atoms in total. The predicted molar refractivity (Wildman–Crippen MR) is 102 cm³/mol. The Hall–Kier alpha value is -3.26. The average Bonchev–Trinajstić information content (AvgIpc) is 2.64. The van der Waals surface area contributed by atoms with Gasteiger partial charge in [-0.15, -0.1) is 0 Å². The minimum Gasteiger partial charge on any atom is -0.478 e. The molecular weight excluding hydrogens is 331 g/mol. The van der Waals surface area contributed by atoms with E-state index in [2.05, 4.69) is 17.6 Å². The average molecular weight is 354 g/mol. The monoisotopic (exact) mass is 354 g/mol. The van der Waals surface area contributed by atoms with E-state index in [1.165, 1.54) is 24.3 Å². The maximum Gasteiger partial charge on any atom is 0.335 e. The van der Waals surface area contributed by atoms with Crippen LogP contribution in [0.15, 0.2) is 60.8 Å². The van der Waals surface area contributed by atoms with Gasteiger partial charge in [0.1, 0.15) is 5.82 Å². The van der Waals surface area contributed by atoms with E-state index in [0.29, 0.717) is 16.7 Å². The van der Waals surface area contributed by atoms with Gasteiger partial charge in [0.25, 0.3) is 0 Å². The van der Waals surface area contributed by atoms with Crippen molar-refractivity contribution >= 4 is 5.97 Å². The van der Waals surface area contributed by atoms with Crippen LogP contribution in [0.5, 0.6) is 0 Å². The summed E-state index contributed by atoms with van der Waals surface area (Å²) in [7, 11) is 0. The van der Waals surface area contributed by atoms with Crippen LogP contribution >= 0.6 is 0 Å². The molecule has 0 radical (unpaired) electrons. The first-order valence-electron chi connectivity index (χ1n) is 8.07. The van der Waals surface area contributed by atoms with Crippen molar-refractivity contribution < 1.29 is 14.3 Å². The van der Waals surface area contributed by atoms with Crippen LogP contribution in [0.4, 0.5) is 4.39 Å². The molecule has 1 aromatic carbocycles. The van der Waals surface area contributed by atoms with Crippen LogP contribution in [0, 0.1) is 24.1 Å². The third-order valence-electron chi connectivity index (χ3n) is 3.07. The molecule has 1 N–H and O–H groups in total. The molecule has 0 aliphatic heterocycles. The van der Waals surface area contributed by atoms with Gasteiger partial charge < -0.3 is 5.11 Å². The normalized spacial score (nSPS) is 9.62. The molecule has 0 spiro atoms. The Bertz CT molecular complexity index is 821. The zero-order valence-corrected chi connectivity index (χ0v) is 15.5. The number of aliphatic carboxylic acids is 1. The number of carboxylic acid groups (broad SMARTS) is 1. The van der Waals surface area contributed by atoms with Gasteiger partial charge in [-0.3, -0.25) is 4.98 Å². The lowest BCUT2D eigenvalue weighted by molar-refractivity contribution is -0.132. The summed E-state index contributed by atoms with van der Waals surface area (Å²) in [6.45, 7) is 10.8. The van der Waals surface area contributed by atoms with Crippen molar-refractivity contribution in [3.05, 3.63) is 77.9 Å². The summed E-state index contributed by atoms with van der Waals surface area (Å²) < 4.78 is 13.1. The fraction of sp³-hybridized carbons (Fsp3) is 0.190. The van der Waals surface area contributed by atoms with E-state index in [1.807, 2.05) is 20.8 Å². The summed E-state index contributed by atoms with van der Waals surface area (Å²) in [6.07, 6.45) is 4.40.